The van der Waals surface area contributed by atoms with Crippen LogP contribution in [0.4, 0.5) is 10.1 Å². The fraction of sp³-hybridized carbons (Fsp3) is 0.188. The first-order valence-electron chi connectivity index (χ1n) is 6.41. The third kappa shape index (κ3) is 3.82. The van der Waals surface area contributed by atoms with Crippen LogP contribution in [0.1, 0.15) is 16.7 Å². The quantitative estimate of drug-likeness (QED) is 0.879. The number of primary amides is 1. The largest absolute Gasteiger partial charge is 0.381 e. The van der Waals surface area contributed by atoms with Gasteiger partial charge in [-0.2, -0.15) is 0 Å². The summed E-state index contributed by atoms with van der Waals surface area (Å²) in [6, 6.07) is 12.6. The number of nitrogens with one attached hydrogen (secondary N) is 1. The van der Waals surface area contributed by atoms with Crippen molar-refractivity contribution < 1.29 is 9.18 Å². The highest BCUT2D eigenvalue weighted by Crippen LogP contribution is 2.13. The topological polar surface area (TPSA) is 55.1 Å². The van der Waals surface area contributed by atoms with Crippen LogP contribution in [0, 0.1) is 12.7 Å². The smallest absolute Gasteiger partial charge is 0.221 e. The fourth-order valence-electron chi connectivity index (χ4n) is 1.89. The summed E-state index contributed by atoms with van der Waals surface area (Å²) in [6.45, 7) is 2.29. The van der Waals surface area contributed by atoms with Gasteiger partial charge in [0.05, 0.1) is 6.42 Å². The van der Waals surface area contributed by atoms with Gasteiger partial charge in [-0.15, -0.1) is 0 Å². The summed E-state index contributed by atoms with van der Waals surface area (Å²) in [5, 5.41) is 3.21. The molecule has 0 heterocycles. The Morgan fingerprint density at radius 3 is 2.40 bits per heavy atom. The number of hydrogen-bond acceptors (Lipinski definition) is 2. The standard InChI is InChI=1S/C16H17FN2O/c1-11-2-3-13(8-15(11)17)10-19-14-6-4-12(5-7-14)9-16(18)20/h2-8,19H,9-10H2,1H3,(H2,18,20). The molecule has 0 bridgehead atoms. The summed E-state index contributed by atoms with van der Waals surface area (Å²) in [7, 11) is 0. The highest BCUT2D eigenvalue weighted by Gasteiger charge is 2.01. The minimum absolute atomic E-state index is 0.193. The normalized spacial score (nSPS) is 10.3. The summed E-state index contributed by atoms with van der Waals surface area (Å²) in [4.78, 5) is 10.8. The van der Waals surface area contributed by atoms with Crippen molar-refractivity contribution in [2.45, 2.75) is 19.9 Å². The number of nitrogens with two attached hydrogens (primary N) is 1. The van der Waals surface area contributed by atoms with Gasteiger partial charge < -0.3 is 11.1 Å². The molecule has 0 spiro atoms. The van der Waals surface area contributed by atoms with Crippen LogP contribution in [0.5, 0.6) is 0 Å². The second-order valence-electron chi connectivity index (χ2n) is 4.78. The fourth-order valence-corrected chi connectivity index (χ4v) is 1.89. The average Bonchev–Trinajstić information content (AvgIpc) is 2.41. The van der Waals surface area contributed by atoms with Gasteiger partial charge in [0.2, 0.25) is 5.91 Å². The summed E-state index contributed by atoms with van der Waals surface area (Å²) >= 11 is 0. The van der Waals surface area contributed by atoms with E-state index in [2.05, 4.69) is 5.32 Å². The van der Waals surface area contributed by atoms with Crippen LogP contribution in [0.15, 0.2) is 42.5 Å². The highest BCUT2D eigenvalue weighted by atomic mass is 19.1. The Labute approximate surface area is 117 Å². The third-order valence-corrected chi connectivity index (χ3v) is 3.07. The van der Waals surface area contributed by atoms with Gasteiger partial charge in [0.15, 0.2) is 0 Å². The van der Waals surface area contributed by atoms with Crippen molar-refractivity contribution in [1.29, 1.82) is 0 Å². The molecule has 20 heavy (non-hydrogen) atoms. The van der Waals surface area contributed by atoms with Gasteiger partial charge in [-0.1, -0.05) is 24.3 Å². The molecule has 0 aliphatic carbocycles. The lowest BCUT2D eigenvalue weighted by Gasteiger charge is -2.08. The Balaban J connectivity index is 1.96. The average molecular weight is 272 g/mol. The molecule has 0 aliphatic rings. The second-order valence-corrected chi connectivity index (χ2v) is 4.78. The Bertz CT molecular complexity index is 608. The molecule has 1 amide bonds. The molecule has 4 heteroatoms. The predicted octanol–water partition coefficient (Wildman–Crippen LogP) is 2.77. The van der Waals surface area contributed by atoms with Crippen LogP contribution in [0.3, 0.4) is 0 Å². The van der Waals surface area contributed by atoms with E-state index in [-0.39, 0.29) is 18.1 Å². The molecule has 0 aliphatic heterocycles. The van der Waals surface area contributed by atoms with Crippen molar-refractivity contribution in [2.24, 2.45) is 5.73 Å². The number of benzene rings is 2. The molecular formula is C16H17FN2O. The van der Waals surface area contributed by atoms with E-state index in [4.69, 9.17) is 5.73 Å². The zero-order valence-electron chi connectivity index (χ0n) is 11.3. The second kappa shape index (κ2) is 6.19. The summed E-state index contributed by atoms with van der Waals surface area (Å²) < 4.78 is 13.4. The molecule has 0 aromatic heterocycles. The maximum Gasteiger partial charge on any atom is 0.221 e. The van der Waals surface area contributed by atoms with Gasteiger partial charge in [0.1, 0.15) is 5.82 Å². The van der Waals surface area contributed by atoms with Crippen LogP contribution in [-0.2, 0) is 17.8 Å². The first-order chi connectivity index (χ1) is 9.54. The monoisotopic (exact) mass is 272 g/mol. The molecule has 0 saturated carbocycles. The first kappa shape index (κ1) is 14.1. The molecular weight excluding hydrogens is 255 g/mol. The number of amides is 1. The summed E-state index contributed by atoms with van der Waals surface area (Å²) in [5.74, 6) is -0.540. The van der Waals surface area contributed by atoms with E-state index in [1.54, 1.807) is 13.0 Å². The molecule has 0 fully saturated rings. The lowest BCUT2D eigenvalue weighted by Crippen LogP contribution is -2.13. The molecule has 0 unspecified atom stereocenters. The zero-order valence-corrected chi connectivity index (χ0v) is 11.3. The molecule has 0 radical (unpaired) electrons. The van der Waals surface area contributed by atoms with Crippen LogP contribution < -0.4 is 11.1 Å². The predicted molar refractivity (Wildman–Crippen MR) is 77.8 cm³/mol. The maximum absolute atomic E-state index is 13.4. The lowest BCUT2D eigenvalue weighted by atomic mass is 10.1. The molecule has 2 aromatic carbocycles. The van der Waals surface area contributed by atoms with Crippen LogP contribution in [-0.4, -0.2) is 5.91 Å². The maximum atomic E-state index is 13.4. The van der Waals surface area contributed by atoms with Crippen molar-refractivity contribution in [3.8, 4) is 0 Å². The van der Waals surface area contributed by atoms with Gasteiger partial charge >= 0.3 is 0 Å². The Morgan fingerprint density at radius 1 is 1.15 bits per heavy atom. The number of hydrogen-bond donors (Lipinski definition) is 2. The minimum atomic E-state index is -0.346. The number of halogens is 1. The Kier molecular flexibility index (Phi) is 4.35. The summed E-state index contributed by atoms with van der Waals surface area (Å²) in [6.07, 6.45) is 0.240. The Hall–Kier alpha value is -2.36. The van der Waals surface area contributed by atoms with Crippen LogP contribution >= 0.6 is 0 Å². The van der Waals surface area contributed by atoms with Crippen LogP contribution in [0.2, 0.25) is 0 Å². The van der Waals surface area contributed by atoms with Gasteiger partial charge in [-0.25, -0.2) is 4.39 Å². The van der Waals surface area contributed by atoms with Gasteiger partial charge in [0.25, 0.3) is 0 Å². The number of carbonyl (C=O) groups excluding carboxylic acids is 1. The molecule has 0 saturated heterocycles. The van der Waals surface area contributed by atoms with E-state index < -0.39 is 0 Å². The van der Waals surface area contributed by atoms with Crippen molar-refractivity contribution in [1.82, 2.24) is 0 Å². The van der Waals surface area contributed by atoms with Crippen LogP contribution in [0.25, 0.3) is 0 Å². The number of anilines is 1. The number of carbonyl (C=O) groups is 1. The van der Waals surface area contributed by atoms with E-state index in [0.717, 1.165) is 16.8 Å². The number of rotatable bonds is 5. The Morgan fingerprint density at radius 2 is 1.80 bits per heavy atom. The van der Waals surface area contributed by atoms with E-state index in [0.29, 0.717) is 12.1 Å². The SMILES string of the molecule is Cc1ccc(CNc2ccc(CC(N)=O)cc2)cc1F. The van der Waals surface area contributed by atoms with Crippen molar-refractivity contribution in [2.75, 3.05) is 5.32 Å². The van der Waals surface area contributed by atoms with Crippen molar-refractivity contribution >= 4 is 11.6 Å². The number of aryl methyl sites for hydroxylation is 1. The lowest BCUT2D eigenvalue weighted by molar-refractivity contribution is -0.117. The third-order valence-electron chi connectivity index (χ3n) is 3.07. The molecule has 3 nitrogen and oxygen atoms in total. The van der Waals surface area contributed by atoms with E-state index >= 15 is 0 Å². The zero-order chi connectivity index (χ0) is 14.5. The summed E-state index contributed by atoms with van der Waals surface area (Å²) in [5.41, 5.74) is 8.46. The minimum Gasteiger partial charge on any atom is -0.381 e. The molecule has 2 aromatic rings. The molecule has 0 atom stereocenters. The van der Waals surface area contributed by atoms with Gasteiger partial charge in [0, 0.05) is 12.2 Å². The van der Waals surface area contributed by atoms with E-state index in [1.165, 1.54) is 6.07 Å². The van der Waals surface area contributed by atoms with Gasteiger partial charge in [-0.3, -0.25) is 4.79 Å². The van der Waals surface area contributed by atoms with E-state index in [1.807, 2.05) is 30.3 Å². The van der Waals surface area contributed by atoms with Crippen molar-refractivity contribution in [3.05, 3.63) is 65.0 Å². The van der Waals surface area contributed by atoms with Gasteiger partial charge in [-0.05, 0) is 41.8 Å². The molecule has 2 rings (SSSR count). The molecule has 3 N–H and O–H groups in total. The van der Waals surface area contributed by atoms with E-state index in [9.17, 15) is 9.18 Å². The first-order valence-corrected chi connectivity index (χ1v) is 6.41. The molecule has 104 valence electrons. The highest BCUT2D eigenvalue weighted by molar-refractivity contribution is 5.76. The van der Waals surface area contributed by atoms with Crippen molar-refractivity contribution in [3.63, 3.8) is 0 Å².